The van der Waals surface area contributed by atoms with Crippen LogP contribution in [0.25, 0.3) is 0 Å². The van der Waals surface area contributed by atoms with E-state index in [9.17, 15) is 9.59 Å². The molecular weight excluding hydrogens is 567 g/mol. The highest BCUT2D eigenvalue weighted by Gasteiger charge is 2.36. The third-order valence-electron chi connectivity index (χ3n) is 7.74. The monoisotopic (exact) mass is 600 g/mol. The van der Waals surface area contributed by atoms with Gasteiger partial charge in [0, 0.05) is 0 Å². The molecule has 206 valence electrons. The van der Waals surface area contributed by atoms with Crippen molar-refractivity contribution < 1.29 is 18.6 Å². The number of carbonyl (C=O) groups is 2. The summed E-state index contributed by atoms with van der Waals surface area (Å²) in [6.07, 6.45) is 5.30. The molecular formula is C24H34Cl2N8O2S2+2. The highest BCUT2D eigenvalue weighted by Crippen LogP contribution is 2.29. The lowest BCUT2D eigenvalue weighted by Crippen LogP contribution is -2.64. The van der Waals surface area contributed by atoms with Crippen LogP contribution in [0.4, 0.5) is 11.6 Å². The Kier molecular flexibility index (Phi) is 9.42. The molecule has 0 bridgehead atoms. The van der Waals surface area contributed by atoms with Crippen molar-refractivity contribution in [1.82, 2.24) is 19.9 Å². The quantitative estimate of drug-likeness (QED) is 0.141. The number of nitrogens with zero attached hydrogens (tertiary/aromatic N) is 8. The van der Waals surface area contributed by atoms with E-state index >= 15 is 0 Å². The lowest BCUT2D eigenvalue weighted by Gasteiger charge is -2.46. The van der Waals surface area contributed by atoms with Gasteiger partial charge in [0.05, 0.1) is 77.6 Å². The zero-order valence-corrected chi connectivity index (χ0v) is 25.3. The molecule has 0 aromatic carbocycles. The first kappa shape index (κ1) is 29.3. The Morgan fingerprint density at radius 2 is 1.05 bits per heavy atom. The number of halogens is 2. The van der Waals surface area contributed by atoms with E-state index in [1.807, 2.05) is 12.5 Å². The van der Waals surface area contributed by atoms with Crippen LogP contribution in [0.1, 0.15) is 20.7 Å². The number of aromatic nitrogens is 4. The average Bonchev–Trinajstić information content (AvgIpc) is 2.92. The predicted octanol–water partition coefficient (Wildman–Crippen LogP) is 2.88. The van der Waals surface area contributed by atoms with E-state index < -0.39 is 0 Å². The molecule has 0 saturated carbocycles. The number of likely N-dealkylation sites (N-methyl/N-ethyl adjacent to an activating group) is 2. The standard InChI is InChI=1S/C24H34Cl2N8O2S2/c1-33(9-5-31(6-10-33)21-17(15-35)19(25)27-23(29-21)37-3)13-14-34(2)11-7-32(8-12-34)22-18(16-36)20(26)28-24(30-22)38-4/h15-16H,5-14H2,1-4H3/q+2. The summed E-state index contributed by atoms with van der Waals surface area (Å²) in [4.78, 5) is 45.3. The van der Waals surface area contributed by atoms with Gasteiger partial charge >= 0.3 is 0 Å². The number of thioether (sulfide) groups is 2. The van der Waals surface area contributed by atoms with Gasteiger partial charge in [-0.2, -0.15) is 0 Å². The minimum atomic E-state index is 0.211. The fourth-order valence-electron chi connectivity index (χ4n) is 4.94. The van der Waals surface area contributed by atoms with Crippen LogP contribution in [0, 0.1) is 0 Å². The molecule has 4 heterocycles. The Morgan fingerprint density at radius 1 is 0.711 bits per heavy atom. The second kappa shape index (κ2) is 12.2. The number of rotatable bonds is 9. The van der Waals surface area contributed by atoms with E-state index in [0.29, 0.717) is 33.1 Å². The first-order valence-corrected chi connectivity index (χ1v) is 15.6. The van der Waals surface area contributed by atoms with Crippen molar-refractivity contribution in [3.8, 4) is 0 Å². The topological polar surface area (TPSA) is 92.2 Å². The Labute approximate surface area is 242 Å². The molecule has 2 fully saturated rings. The summed E-state index contributed by atoms with van der Waals surface area (Å²) in [5.74, 6) is 1.27. The highest BCUT2D eigenvalue weighted by atomic mass is 35.5. The molecule has 38 heavy (non-hydrogen) atoms. The van der Waals surface area contributed by atoms with Gasteiger partial charge in [-0.15, -0.1) is 0 Å². The Bertz CT molecular complexity index is 1100. The summed E-state index contributed by atoms with van der Waals surface area (Å²) in [6, 6.07) is 0. The number of quaternary nitrogens is 2. The van der Waals surface area contributed by atoms with E-state index in [-0.39, 0.29) is 10.3 Å². The number of piperazine rings is 2. The number of carbonyl (C=O) groups excluding carboxylic acids is 2. The smallest absolute Gasteiger partial charge is 0.190 e. The van der Waals surface area contributed by atoms with Gasteiger partial charge in [0.25, 0.3) is 0 Å². The van der Waals surface area contributed by atoms with E-state index in [4.69, 9.17) is 23.2 Å². The molecule has 0 atom stereocenters. The van der Waals surface area contributed by atoms with Crippen molar-refractivity contribution in [3.05, 3.63) is 21.4 Å². The number of hydrogen-bond acceptors (Lipinski definition) is 10. The number of anilines is 2. The van der Waals surface area contributed by atoms with Crippen LogP contribution >= 0.6 is 46.7 Å². The molecule has 0 aliphatic carbocycles. The van der Waals surface area contributed by atoms with E-state index in [1.54, 1.807) is 0 Å². The molecule has 2 aliphatic heterocycles. The van der Waals surface area contributed by atoms with E-state index in [1.165, 1.54) is 23.5 Å². The molecule has 4 rings (SSSR count). The van der Waals surface area contributed by atoms with Crippen molar-refractivity contribution in [2.24, 2.45) is 0 Å². The van der Waals surface area contributed by atoms with Crippen molar-refractivity contribution >= 4 is 70.9 Å². The Hall–Kier alpha value is -1.70. The second-order valence-electron chi connectivity index (χ2n) is 10.3. The molecule has 0 unspecified atom stereocenters. The molecule has 0 spiro atoms. The van der Waals surface area contributed by atoms with Gasteiger partial charge in [0.2, 0.25) is 0 Å². The molecule has 0 radical (unpaired) electrons. The summed E-state index contributed by atoms with van der Waals surface area (Å²) in [5.41, 5.74) is 0.729. The maximum atomic E-state index is 11.7. The highest BCUT2D eigenvalue weighted by molar-refractivity contribution is 7.98. The minimum Gasteiger partial charge on any atom is -0.345 e. The van der Waals surface area contributed by atoms with Crippen LogP contribution in [0.15, 0.2) is 10.3 Å². The summed E-state index contributed by atoms with van der Waals surface area (Å²) < 4.78 is 1.93. The lowest BCUT2D eigenvalue weighted by atomic mass is 10.2. The fraction of sp³-hybridized carbons (Fsp3) is 0.583. The molecule has 2 saturated heterocycles. The normalized spacial score (nSPS) is 18.9. The third-order valence-corrected chi connectivity index (χ3v) is 9.41. The summed E-state index contributed by atoms with van der Waals surface area (Å²) in [7, 11) is 4.62. The molecule has 14 heteroatoms. The van der Waals surface area contributed by atoms with Gasteiger partial charge < -0.3 is 18.8 Å². The van der Waals surface area contributed by atoms with Crippen LogP contribution < -0.4 is 9.80 Å². The molecule has 2 aromatic heterocycles. The Balaban J connectivity index is 1.36. The largest absolute Gasteiger partial charge is 0.345 e. The summed E-state index contributed by atoms with van der Waals surface area (Å²) in [5, 5.41) is 1.57. The van der Waals surface area contributed by atoms with E-state index in [2.05, 4.69) is 43.8 Å². The van der Waals surface area contributed by atoms with Crippen LogP contribution in [0.2, 0.25) is 10.3 Å². The van der Waals surface area contributed by atoms with Crippen LogP contribution in [-0.4, -0.2) is 134 Å². The number of aldehydes is 2. The van der Waals surface area contributed by atoms with Gasteiger partial charge in [0.15, 0.2) is 22.9 Å². The van der Waals surface area contributed by atoms with Crippen LogP contribution in [-0.2, 0) is 0 Å². The second-order valence-corrected chi connectivity index (χ2v) is 12.5. The summed E-state index contributed by atoms with van der Waals surface area (Å²) >= 11 is 15.4. The minimum absolute atomic E-state index is 0.211. The van der Waals surface area contributed by atoms with Crippen molar-refractivity contribution in [2.45, 2.75) is 10.3 Å². The fourth-order valence-corrected chi connectivity index (χ4v) is 6.18. The molecule has 2 aromatic rings. The lowest BCUT2D eigenvalue weighted by molar-refractivity contribution is -0.964. The molecule has 2 aliphatic rings. The molecule has 10 nitrogen and oxygen atoms in total. The van der Waals surface area contributed by atoms with Gasteiger partial charge in [-0.1, -0.05) is 46.7 Å². The first-order chi connectivity index (χ1) is 18.1. The average molecular weight is 602 g/mol. The van der Waals surface area contributed by atoms with Crippen LogP contribution in [0.3, 0.4) is 0 Å². The SMILES string of the molecule is CSc1nc(Cl)c(C=O)c(N2CC[N+](C)(CC[N+]3(C)CCN(c4nc(SC)nc(Cl)c4C=O)CC3)CC2)n1. The van der Waals surface area contributed by atoms with Gasteiger partial charge in [-0.3, -0.25) is 9.59 Å². The maximum absolute atomic E-state index is 11.7. The molecule has 0 N–H and O–H groups in total. The summed E-state index contributed by atoms with van der Waals surface area (Å²) in [6.45, 7) is 9.16. The van der Waals surface area contributed by atoms with E-state index in [0.717, 1.165) is 87.0 Å². The van der Waals surface area contributed by atoms with Crippen LogP contribution in [0.5, 0.6) is 0 Å². The van der Waals surface area contributed by atoms with Crippen molar-refractivity contribution in [1.29, 1.82) is 0 Å². The van der Waals surface area contributed by atoms with Gasteiger partial charge in [-0.25, -0.2) is 19.9 Å². The molecule has 0 amide bonds. The first-order valence-electron chi connectivity index (χ1n) is 12.4. The third kappa shape index (κ3) is 6.37. The van der Waals surface area contributed by atoms with Crippen molar-refractivity contribution in [2.75, 3.05) is 102 Å². The zero-order chi connectivity index (χ0) is 27.5. The van der Waals surface area contributed by atoms with Gasteiger partial charge in [0.1, 0.15) is 35.0 Å². The van der Waals surface area contributed by atoms with Gasteiger partial charge in [-0.05, 0) is 12.5 Å². The van der Waals surface area contributed by atoms with Crippen molar-refractivity contribution in [3.63, 3.8) is 0 Å². The number of hydrogen-bond donors (Lipinski definition) is 0. The zero-order valence-electron chi connectivity index (χ0n) is 22.2. The predicted molar refractivity (Wildman–Crippen MR) is 154 cm³/mol. The maximum Gasteiger partial charge on any atom is 0.190 e. The Morgan fingerprint density at radius 3 is 1.34 bits per heavy atom.